The van der Waals surface area contributed by atoms with Crippen molar-refractivity contribution in [2.75, 3.05) is 37.7 Å². The predicted octanol–water partition coefficient (Wildman–Crippen LogP) is 5.86. The van der Waals surface area contributed by atoms with E-state index >= 15 is 4.39 Å². The third kappa shape index (κ3) is 5.05. The van der Waals surface area contributed by atoms with Crippen LogP contribution in [0.2, 0.25) is 0 Å². The Labute approximate surface area is 244 Å². The first kappa shape index (κ1) is 28.9. The molecule has 224 valence electrons. The van der Waals surface area contributed by atoms with Gasteiger partial charge < -0.3 is 14.7 Å². The quantitative estimate of drug-likeness (QED) is 0.202. The molecule has 1 N–H and O–H groups in total. The molecule has 0 amide bonds. The molecule has 0 radical (unpaired) electrons. The van der Waals surface area contributed by atoms with E-state index in [-0.39, 0.29) is 70.3 Å². The van der Waals surface area contributed by atoms with Crippen molar-refractivity contribution in [2.24, 2.45) is 0 Å². The van der Waals surface area contributed by atoms with E-state index in [1.165, 1.54) is 29.3 Å². The number of fused-ring (bicyclic) bond motifs is 3. The van der Waals surface area contributed by atoms with Gasteiger partial charge in [-0.1, -0.05) is 12.0 Å². The van der Waals surface area contributed by atoms with Crippen molar-refractivity contribution in [2.45, 2.75) is 44.3 Å². The number of terminal acetylenes is 1. The van der Waals surface area contributed by atoms with E-state index in [2.05, 4.69) is 20.9 Å². The van der Waals surface area contributed by atoms with Crippen molar-refractivity contribution in [1.29, 1.82) is 0 Å². The number of nitrogens with zero attached hydrogens (tertiary/aromatic N) is 5. The Kier molecular flexibility index (Phi) is 7.46. The zero-order valence-corrected chi connectivity index (χ0v) is 23.3. The zero-order chi connectivity index (χ0) is 30.5. The Morgan fingerprint density at radius 3 is 2.81 bits per heavy atom. The van der Waals surface area contributed by atoms with Crippen LogP contribution in [0, 0.1) is 24.0 Å². The summed E-state index contributed by atoms with van der Waals surface area (Å²) in [6, 6.07) is 4.88. The van der Waals surface area contributed by atoms with Crippen LogP contribution in [-0.2, 0) is 0 Å². The molecule has 0 spiro atoms. The second-order valence-electron chi connectivity index (χ2n) is 11.0. The Balaban J connectivity index is 1.52. The summed E-state index contributed by atoms with van der Waals surface area (Å²) in [4.78, 5) is 16.3. The maximum absolute atomic E-state index is 16.5. The average molecular weight is 598 g/mol. The van der Waals surface area contributed by atoms with Gasteiger partial charge in [0.2, 0.25) is 0 Å². The summed E-state index contributed by atoms with van der Waals surface area (Å²) in [5.74, 6) is 0.366. The molecule has 2 aliphatic rings. The normalized spacial score (nSPS) is 20.2. The zero-order valence-electron chi connectivity index (χ0n) is 23.3. The molecular weight excluding hydrogens is 569 g/mol. The Morgan fingerprint density at radius 2 is 2.07 bits per heavy atom. The van der Waals surface area contributed by atoms with Crippen molar-refractivity contribution in [3.8, 4) is 35.4 Å². The highest BCUT2D eigenvalue weighted by Gasteiger charge is 2.49. The number of phenols is 1. The first-order valence-corrected chi connectivity index (χ1v) is 14.0. The average Bonchev–Trinajstić information content (AvgIpc) is 3.50. The van der Waals surface area contributed by atoms with E-state index in [4.69, 9.17) is 11.2 Å². The van der Waals surface area contributed by atoms with Crippen molar-refractivity contribution in [1.82, 2.24) is 19.9 Å². The Morgan fingerprint density at radius 1 is 1.26 bits per heavy atom. The summed E-state index contributed by atoms with van der Waals surface area (Å²) in [6.45, 7) is 2.15. The minimum absolute atomic E-state index is 0.00700. The molecule has 2 aliphatic heterocycles. The first-order valence-electron chi connectivity index (χ1n) is 14.0. The SMILES string of the molecule is C#Cc1c(F)ccc2cc(O)cc(-c3ncc4c(N(CC)CC(F)F)nc(OC[C@@]56CCCN5C[C@H](F)C6)nc4c3F)c12. The van der Waals surface area contributed by atoms with Gasteiger partial charge in [0.25, 0.3) is 6.43 Å². The largest absolute Gasteiger partial charge is 0.508 e. The number of phenolic OH excluding ortho intramolecular Hbond substituents is 1. The minimum Gasteiger partial charge on any atom is -0.508 e. The number of anilines is 1. The van der Waals surface area contributed by atoms with Gasteiger partial charge in [0.05, 0.1) is 23.0 Å². The molecule has 12 heteroatoms. The molecule has 2 aromatic heterocycles. The number of ether oxygens (including phenoxy) is 1. The molecule has 43 heavy (non-hydrogen) atoms. The molecule has 0 saturated carbocycles. The summed E-state index contributed by atoms with van der Waals surface area (Å²) in [5.41, 5.74) is -1.24. The van der Waals surface area contributed by atoms with Gasteiger partial charge >= 0.3 is 6.01 Å². The minimum atomic E-state index is -2.71. The molecule has 7 nitrogen and oxygen atoms in total. The molecule has 2 atom stereocenters. The number of hydrogen-bond acceptors (Lipinski definition) is 7. The molecule has 0 bridgehead atoms. The highest BCUT2D eigenvalue weighted by Crippen LogP contribution is 2.41. The van der Waals surface area contributed by atoms with Crippen LogP contribution in [0.3, 0.4) is 0 Å². The van der Waals surface area contributed by atoms with Gasteiger partial charge in [-0.2, -0.15) is 9.97 Å². The lowest BCUT2D eigenvalue weighted by Gasteiger charge is -2.31. The standard InChI is InChI=1S/C31H28F5N5O2/c1-3-20-23(33)7-6-17-10-19(42)11-21(25(17)20)27-26(36)28-22(13-37-27)29(40(4-2)15-24(34)35)39-30(38-28)43-16-31-8-5-9-41(31)14-18(32)12-31/h1,6-7,10-11,13,18,24,42H,4-5,8-9,12,14-16H2,2H3/t18-,31+/m1/s1. The van der Waals surface area contributed by atoms with Gasteiger partial charge in [0.15, 0.2) is 5.82 Å². The lowest BCUT2D eigenvalue weighted by molar-refractivity contribution is 0.107. The van der Waals surface area contributed by atoms with Crippen LogP contribution in [0.1, 0.15) is 31.7 Å². The third-order valence-corrected chi connectivity index (χ3v) is 8.37. The van der Waals surface area contributed by atoms with Gasteiger partial charge in [-0.25, -0.2) is 22.0 Å². The van der Waals surface area contributed by atoms with Gasteiger partial charge in [-0.15, -0.1) is 6.42 Å². The van der Waals surface area contributed by atoms with Crippen LogP contribution in [0.4, 0.5) is 27.8 Å². The third-order valence-electron chi connectivity index (χ3n) is 8.37. The van der Waals surface area contributed by atoms with Crippen LogP contribution >= 0.6 is 0 Å². The van der Waals surface area contributed by atoms with Crippen LogP contribution in [-0.4, -0.2) is 75.9 Å². The number of benzene rings is 2. The van der Waals surface area contributed by atoms with Gasteiger partial charge in [0.1, 0.15) is 41.4 Å². The van der Waals surface area contributed by atoms with E-state index in [0.29, 0.717) is 18.4 Å². The first-order chi connectivity index (χ1) is 20.6. The lowest BCUT2D eigenvalue weighted by Crippen LogP contribution is -2.43. The smallest absolute Gasteiger partial charge is 0.319 e. The maximum Gasteiger partial charge on any atom is 0.319 e. The van der Waals surface area contributed by atoms with E-state index in [1.54, 1.807) is 6.92 Å². The van der Waals surface area contributed by atoms with Crippen molar-refractivity contribution in [3.05, 3.63) is 47.7 Å². The maximum atomic E-state index is 16.5. The van der Waals surface area contributed by atoms with Crippen molar-refractivity contribution >= 4 is 27.5 Å². The topological polar surface area (TPSA) is 74.6 Å². The number of halogens is 5. The molecule has 0 unspecified atom stereocenters. The predicted molar refractivity (Wildman–Crippen MR) is 152 cm³/mol. The van der Waals surface area contributed by atoms with Crippen LogP contribution in [0.15, 0.2) is 30.5 Å². The Bertz CT molecular complexity index is 1760. The second-order valence-corrected chi connectivity index (χ2v) is 11.0. The number of rotatable bonds is 8. The molecule has 4 heterocycles. The van der Waals surface area contributed by atoms with Gasteiger partial charge in [0, 0.05) is 36.7 Å². The molecule has 4 aromatic rings. The molecule has 0 aliphatic carbocycles. The number of aromatic nitrogens is 3. The van der Waals surface area contributed by atoms with E-state index in [1.807, 2.05) is 4.90 Å². The summed E-state index contributed by atoms with van der Waals surface area (Å²) < 4.78 is 78.5. The van der Waals surface area contributed by atoms with Crippen LogP contribution in [0.5, 0.6) is 11.8 Å². The number of alkyl halides is 3. The van der Waals surface area contributed by atoms with E-state index in [9.17, 15) is 22.7 Å². The highest BCUT2D eigenvalue weighted by molar-refractivity contribution is 6.03. The van der Waals surface area contributed by atoms with E-state index in [0.717, 1.165) is 19.0 Å². The fraction of sp³-hybridized carbons (Fsp3) is 0.387. The summed E-state index contributed by atoms with van der Waals surface area (Å²) in [5, 5.41) is 11.0. The van der Waals surface area contributed by atoms with Gasteiger partial charge in [-0.3, -0.25) is 9.88 Å². The number of hydrogen-bond donors (Lipinski definition) is 1. The van der Waals surface area contributed by atoms with Crippen LogP contribution < -0.4 is 9.64 Å². The fourth-order valence-electron chi connectivity index (χ4n) is 6.45. The monoisotopic (exact) mass is 597 g/mol. The number of aromatic hydroxyl groups is 1. The van der Waals surface area contributed by atoms with Crippen molar-refractivity contribution in [3.63, 3.8) is 0 Å². The Hall–Kier alpha value is -4.24. The molecule has 2 saturated heterocycles. The molecule has 6 rings (SSSR count). The molecule has 2 aromatic carbocycles. The summed E-state index contributed by atoms with van der Waals surface area (Å²) in [7, 11) is 0. The lowest BCUT2D eigenvalue weighted by atomic mass is 9.95. The number of pyridine rings is 1. The second kappa shape index (κ2) is 11.1. The molecular formula is C31H28F5N5O2. The van der Waals surface area contributed by atoms with Gasteiger partial charge in [-0.05, 0) is 49.9 Å². The van der Waals surface area contributed by atoms with Crippen molar-refractivity contribution < 1.29 is 31.8 Å². The van der Waals surface area contributed by atoms with E-state index < -0.39 is 36.3 Å². The fourth-order valence-corrected chi connectivity index (χ4v) is 6.45. The highest BCUT2D eigenvalue weighted by atomic mass is 19.3. The summed E-state index contributed by atoms with van der Waals surface area (Å²) in [6.07, 6.45) is 4.98. The van der Waals surface area contributed by atoms with Crippen LogP contribution in [0.25, 0.3) is 32.9 Å². The molecule has 2 fully saturated rings. The summed E-state index contributed by atoms with van der Waals surface area (Å²) >= 11 is 0.